The molecule has 0 bridgehead atoms. The molecule has 2 aromatic carbocycles. The lowest BCUT2D eigenvalue weighted by Crippen LogP contribution is -2.29. The Bertz CT molecular complexity index is 676. The van der Waals surface area contributed by atoms with E-state index < -0.39 is 0 Å². The summed E-state index contributed by atoms with van der Waals surface area (Å²) in [4.78, 5) is 26.1. The molecule has 21 heavy (non-hydrogen) atoms. The first-order valence-corrected chi connectivity index (χ1v) is 8.12. The Balaban J connectivity index is 1.91. The highest BCUT2D eigenvalue weighted by Gasteiger charge is 2.35. The molecular formula is C17H15NO2S. The predicted molar refractivity (Wildman–Crippen MR) is 84.3 cm³/mol. The summed E-state index contributed by atoms with van der Waals surface area (Å²) in [5.41, 5.74) is 3.21. The van der Waals surface area contributed by atoms with Crippen LogP contribution in [0, 0.1) is 0 Å². The maximum Gasteiger partial charge on any atom is 0.261 e. The van der Waals surface area contributed by atoms with Gasteiger partial charge < -0.3 is 0 Å². The van der Waals surface area contributed by atoms with Crippen LogP contribution in [0.1, 0.15) is 31.8 Å². The summed E-state index contributed by atoms with van der Waals surface area (Å²) in [6.45, 7) is 0.336. The summed E-state index contributed by atoms with van der Waals surface area (Å²) in [6.07, 6.45) is 2.04. The highest BCUT2D eigenvalue weighted by atomic mass is 32.2. The number of amides is 2. The van der Waals surface area contributed by atoms with E-state index in [1.165, 1.54) is 10.5 Å². The molecule has 0 unspecified atom stereocenters. The number of nitrogens with zero attached hydrogens (tertiary/aromatic N) is 1. The van der Waals surface area contributed by atoms with Crippen molar-refractivity contribution in [1.82, 2.24) is 4.90 Å². The smallest absolute Gasteiger partial charge is 0.261 e. The molecular weight excluding hydrogens is 282 g/mol. The van der Waals surface area contributed by atoms with E-state index in [2.05, 4.69) is 0 Å². The van der Waals surface area contributed by atoms with Gasteiger partial charge in [0.25, 0.3) is 11.8 Å². The molecule has 2 amide bonds. The molecule has 1 aliphatic heterocycles. The lowest BCUT2D eigenvalue weighted by atomic mass is 10.1. The Hall–Kier alpha value is -2.07. The number of fused-ring (bicyclic) bond motifs is 1. The van der Waals surface area contributed by atoms with E-state index >= 15 is 0 Å². The molecule has 106 valence electrons. The second kappa shape index (κ2) is 5.74. The number of carbonyl (C=O) groups is 2. The highest BCUT2D eigenvalue weighted by molar-refractivity contribution is 7.97. The molecule has 0 radical (unpaired) electrons. The van der Waals surface area contributed by atoms with E-state index in [0.717, 1.165) is 11.3 Å². The highest BCUT2D eigenvalue weighted by Crippen LogP contribution is 2.25. The average molecular weight is 297 g/mol. The molecule has 0 atom stereocenters. The van der Waals surface area contributed by atoms with Crippen molar-refractivity contribution in [2.75, 3.05) is 6.26 Å². The van der Waals surface area contributed by atoms with Crippen molar-refractivity contribution in [3.05, 3.63) is 70.8 Å². The minimum absolute atomic E-state index is 0.199. The topological polar surface area (TPSA) is 37.4 Å². The molecule has 0 N–H and O–H groups in total. The number of thioether (sulfide) groups is 1. The van der Waals surface area contributed by atoms with Crippen LogP contribution in [0.15, 0.2) is 48.5 Å². The molecule has 0 saturated carbocycles. The van der Waals surface area contributed by atoms with Crippen LogP contribution in [0.25, 0.3) is 0 Å². The van der Waals surface area contributed by atoms with E-state index in [4.69, 9.17) is 0 Å². The summed E-state index contributed by atoms with van der Waals surface area (Å²) < 4.78 is 0. The van der Waals surface area contributed by atoms with Crippen LogP contribution in [0.5, 0.6) is 0 Å². The second-order valence-corrected chi connectivity index (χ2v) is 5.81. The van der Waals surface area contributed by atoms with Crippen LogP contribution in [0.4, 0.5) is 0 Å². The molecule has 3 nitrogen and oxygen atoms in total. The van der Waals surface area contributed by atoms with Gasteiger partial charge in [-0.25, -0.2) is 0 Å². The Kier molecular flexibility index (Phi) is 3.80. The van der Waals surface area contributed by atoms with Crippen LogP contribution in [0.3, 0.4) is 0 Å². The van der Waals surface area contributed by atoms with Gasteiger partial charge in [0.05, 0.1) is 17.7 Å². The Morgan fingerprint density at radius 1 is 0.857 bits per heavy atom. The van der Waals surface area contributed by atoms with Crippen LogP contribution >= 0.6 is 11.8 Å². The predicted octanol–water partition coefficient (Wildman–Crippen LogP) is 3.35. The third kappa shape index (κ3) is 2.47. The summed E-state index contributed by atoms with van der Waals surface area (Å²) in [5.74, 6) is 0.475. The first-order chi connectivity index (χ1) is 10.2. The monoisotopic (exact) mass is 297 g/mol. The van der Waals surface area contributed by atoms with E-state index in [-0.39, 0.29) is 11.8 Å². The van der Waals surface area contributed by atoms with Crippen LogP contribution < -0.4 is 0 Å². The Labute approximate surface area is 128 Å². The fourth-order valence-corrected chi connectivity index (χ4v) is 3.15. The summed E-state index contributed by atoms with van der Waals surface area (Å²) in [5, 5.41) is 0. The molecule has 4 heteroatoms. The minimum atomic E-state index is -0.199. The summed E-state index contributed by atoms with van der Waals surface area (Å²) in [7, 11) is 0. The van der Waals surface area contributed by atoms with Crippen molar-refractivity contribution in [2.45, 2.75) is 12.3 Å². The number of hydrogen-bond donors (Lipinski definition) is 0. The zero-order chi connectivity index (χ0) is 14.8. The van der Waals surface area contributed by atoms with Crippen molar-refractivity contribution < 1.29 is 9.59 Å². The molecule has 2 aromatic rings. The normalized spacial score (nSPS) is 13.7. The minimum Gasteiger partial charge on any atom is -0.270 e. The lowest BCUT2D eigenvalue weighted by molar-refractivity contribution is 0.0642. The Morgan fingerprint density at radius 2 is 1.38 bits per heavy atom. The molecule has 0 saturated heterocycles. The van der Waals surface area contributed by atoms with E-state index in [1.807, 2.05) is 30.5 Å². The van der Waals surface area contributed by atoms with Gasteiger partial charge in [-0.3, -0.25) is 14.5 Å². The van der Waals surface area contributed by atoms with Crippen molar-refractivity contribution in [3.63, 3.8) is 0 Å². The van der Waals surface area contributed by atoms with Gasteiger partial charge in [-0.15, -0.1) is 0 Å². The third-order valence-electron chi connectivity index (χ3n) is 3.62. The number of hydrogen-bond acceptors (Lipinski definition) is 3. The maximum absolute atomic E-state index is 12.4. The van der Waals surface area contributed by atoms with E-state index in [9.17, 15) is 9.59 Å². The molecule has 3 rings (SSSR count). The van der Waals surface area contributed by atoms with E-state index in [1.54, 1.807) is 36.0 Å². The summed E-state index contributed by atoms with van der Waals surface area (Å²) in [6, 6.07) is 14.9. The molecule has 1 heterocycles. The first kappa shape index (κ1) is 13.9. The first-order valence-electron chi connectivity index (χ1n) is 6.73. The molecule has 1 aliphatic rings. The van der Waals surface area contributed by atoms with Crippen LogP contribution in [-0.2, 0) is 12.3 Å². The largest absolute Gasteiger partial charge is 0.270 e. The zero-order valence-electron chi connectivity index (χ0n) is 11.7. The fourth-order valence-electron chi connectivity index (χ4n) is 2.56. The lowest BCUT2D eigenvalue weighted by Gasteiger charge is -2.16. The third-order valence-corrected chi connectivity index (χ3v) is 4.22. The van der Waals surface area contributed by atoms with Crippen molar-refractivity contribution in [2.24, 2.45) is 0 Å². The van der Waals surface area contributed by atoms with Gasteiger partial charge >= 0.3 is 0 Å². The van der Waals surface area contributed by atoms with Gasteiger partial charge in [0, 0.05) is 5.75 Å². The maximum atomic E-state index is 12.4. The molecule has 0 aromatic heterocycles. The van der Waals surface area contributed by atoms with Gasteiger partial charge in [0.15, 0.2) is 0 Å². The number of rotatable bonds is 4. The van der Waals surface area contributed by atoms with Gasteiger partial charge in [0.2, 0.25) is 0 Å². The van der Waals surface area contributed by atoms with Gasteiger partial charge in [-0.05, 0) is 29.5 Å². The average Bonchev–Trinajstić information content (AvgIpc) is 2.75. The summed E-state index contributed by atoms with van der Waals surface area (Å²) >= 11 is 1.73. The van der Waals surface area contributed by atoms with Crippen molar-refractivity contribution >= 4 is 23.6 Å². The Morgan fingerprint density at radius 3 is 1.95 bits per heavy atom. The second-order valence-electron chi connectivity index (χ2n) is 4.94. The fraction of sp³-hybridized carbons (Fsp3) is 0.176. The van der Waals surface area contributed by atoms with Gasteiger partial charge in [-0.2, -0.15) is 11.8 Å². The number of imide groups is 1. The van der Waals surface area contributed by atoms with Crippen molar-refractivity contribution in [1.29, 1.82) is 0 Å². The van der Waals surface area contributed by atoms with Crippen LogP contribution in [-0.4, -0.2) is 23.0 Å². The van der Waals surface area contributed by atoms with Crippen molar-refractivity contribution in [3.8, 4) is 0 Å². The molecule has 0 aliphatic carbocycles. The quantitative estimate of drug-likeness (QED) is 0.812. The van der Waals surface area contributed by atoms with Gasteiger partial charge in [0.1, 0.15) is 0 Å². The van der Waals surface area contributed by atoms with Gasteiger partial charge in [-0.1, -0.05) is 36.4 Å². The van der Waals surface area contributed by atoms with E-state index in [0.29, 0.717) is 17.7 Å². The number of carbonyl (C=O) groups excluding carboxylic acids is 2. The van der Waals surface area contributed by atoms with Crippen LogP contribution in [0.2, 0.25) is 0 Å². The molecule has 0 spiro atoms. The molecule has 0 fully saturated rings. The standard InChI is InChI=1S/C17H15NO2S/c1-21-11-13-7-3-2-6-12(13)10-18-16(19)14-8-4-5-9-15(14)17(18)20/h2-9H,10-11H2,1H3. The zero-order valence-corrected chi connectivity index (χ0v) is 12.5. The SMILES string of the molecule is CSCc1ccccc1CN1C(=O)c2ccccc2C1=O. The number of benzene rings is 2.